The van der Waals surface area contributed by atoms with Crippen LogP contribution in [0.5, 0.6) is 0 Å². The van der Waals surface area contributed by atoms with Gasteiger partial charge in [0.25, 0.3) is 0 Å². The van der Waals surface area contributed by atoms with E-state index in [9.17, 15) is 14.4 Å². The molecule has 0 bridgehead atoms. The maximum atomic E-state index is 12.4. The van der Waals surface area contributed by atoms with Crippen molar-refractivity contribution in [3.8, 4) is 0 Å². The lowest BCUT2D eigenvalue weighted by molar-refractivity contribution is -0.204. The van der Waals surface area contributed by atoms with E-state index < -0.39 is 23.5 Å². The molecule has 0 aromatic carbocycles. The Balaban J connectivity index is 4.78. The van der Waals surface area contributed by atoms with Crippen molar-refractivity contribution in [3.05, 3.63) is 0 Å². The lowest BCUT2D eigenvalue weighted by Crippen LogP contribution is -2.46. The Morgan fingerprint density at radius 3 is 2.10 bits per heavy atom. The highest BCUT2D eigenvalue weighted by atomic mass is 16.7. The minimum atomic E-state index is -1.53. The molecule has 0 fully saturated rings. The van der Waals surface area contributed by atoms with Crippen LogP contribution >= 0.6 is 0 Å². The zero-order valence-electron chi connectivity index (χ0n) is 13.3. The van der Waals surface area contributed by atoms with Crippen molar-refractivity contribution in [1.82, 2.24) is 0 Å². The fraction of sp³-hybridized carbons (Fsp3) is 0.786. The minimum absolute atomic E-state index is 0.130. The fourth-order valence-corrected chi connectivity index (χ4v) is 1.78. The first kappa shape index (κ1) is 19.5. The van der Waals surface area contributed by atoms with E-state index in [4.69, 9.17) is 14.2 Å². The van der Waals surface area contributed by atoms with Gasteiger partial charge in [-0.1, -0.05) is 0 Å². The van der Waals surface area contributed by atoms with E-state index in [1.165, 1.54) is 28.3 Å². The lowest BCUT2D eigenvalue weighted by Gasteiger charge is -2.28. The average Bonchev–Trinajstić information content (AvgIpc) is 2.49. The summed E-state index contributed by atoms with van der Waals surface area (Å²) >= 11 is 0. The van der Waals surface area contributed by atoms with Crippen LogP contribution in [-0.2, 0) is 33.3 Å². The van der Waals surface area contributed by atoms with Gasteiger partial charge >= 0.3 is 11.9 Å². The van der Waals surface area contributed by atoms with Gasteiger partial charge in [-0.25, -0.2) is 0 Å². The molecular formula is C14H24O7. The number of esters is 2. The molecule has 122 valence electrons. The van der Waals surface area contributed by atoms with E-state index in [1.54, 1.807) is 6.92 Å². The molecule has 0 amide bonds. The molecule has 0 radical (unpaired) electrons. The predicted molar refractivity (Wildman–Crippen MR) is 73.4 cm³/mol. The first-order valence-corrected chi connectivity index (χ1v) is 6.74. The fourth-order valence-electron chi connectivity index (χ4n) is 1.78. The standard InChI is InChI=1S/C14H24O7/c1-6-21-11(15)9-7-8-10(13(17)18-3)12(16)14(2,19-4)20-5/h10H,6-9H2,1-5H3. The van der Waals surface area contributed by atoms with E-state index in [1.807, 2.05) is 0 Å². The largest absolute Gasteiger partial charge is 0.468 e. The molecule has 0 aliphatic rings. The van der Waals surface area contributed by atoms with Crippen molar-refractivity contribution in [3.63, 3.8) is 0 Å². The highest BCUT2D eigenvalue weighted by Crippen LogP contribution is 2.22. The summed E-state index contributed by atoms with van der Waals surface area (Å²) in [4.78, 5) is 35.4. The molecule has 0 aliphatic heterocycles. The third-order valence-electron chi connectivity index (χ3n) is 3.21. The number of ketones is 1. The van der Waals surface area contributed by atoms with Crippen molar-refractivity contribution in [2.75, 3.05) is 27.9 Å². The quantitative estimate of drug-likeness (QED) is 0.339. The molecule has 0 N–H and O–H groups in total. The summed E-state index contributed by atoms with van der Waals surface area (Å²) in [5.41, 5.74) is 0. The zero-order chi connectivity index (χ0) is 16.5. The maximum Gasteiger partial charge on any atom is 0.316 e. The summed E-state index contributed by atoms with van der Waals surface area (Å²) in [6, 6.07) is 0. The zero-order valence-corrected chi connectivity index (χ0v) is 13.3. The Morgan fingerprint density at radius 1 is 1.10 bits per heavy atom. The van der Waals surface area contributed by atoms with E-state index in [0.29, 0.717) is 13.0 Å². The second-order valence-electron chi connectivity index (χ2n) is 4.49. The number of hydrogen-bond donors (Lipinski definition) is 0. The first-order chi connectivity index (χ1) is 9.86. The molecule has 7 heteroatoms. The third kappa shape index (κ3) is 5.81. The van der Waals surface area contributed by atoms with Crippen LogP contribution in [0.15, 0.2) is 0 Å². The molecular weight excluding hydrogens is 280 g/mol. The van der Waals surface area contributed by atoms with Gasteiger partial charge in [0.15, 0.2) is 0 Å². The second kappa shape index (κ2) is 9.46. The number of carbonyl (C=O) groups excluding carboxylic acids is 3. The molecule has 0 heterocycles. The Kier molecular flexibility index (Phi) is 8.80. The number of rotatable bonds is 10. The van der Waals surface area contributed by atoms with Crippen LogP contribution in [0.4, 0.5) is 0 Å². The molecule has 0 saturated heterocycles. The number of Topliss-reactive ketones (excluding diaryl/α,β-unsaturated/α-hetero) is 1. The highest BCUT2D eigenvalue weighted by Gasteiger charge is 2.42. The monoisotopic (exact) mass is 304 g/mol. The Bertz CT molecular complexity index is 360. The van der Waals surface area contributed by atoms with Crippen LogP contribution in [0.25, 0.3) is 0 Å². The SMILES string of the molecule is CCOC(=O)CCCC(C(=O)OC)C(=O)C(C)(OC)OC. The van der Waals surface area contributed by atoms with Crippen molar-refractivity contribution >= 4 is 17.7 Å². The summed E-state index contributed by atoms with van der Waals surface area (Å²) in [6.07, 6.45) is 0.617. The van der Waals surface area contributed by atoms with Crippen molar-refractivity contribution < 1.29 is 33.3 Å². The van der Waals surface area contributed by atoms with E-state index in [0.717, 1.165) is 0 Å². The number of carbonyl (C=O) groups is 3. The van der Waals surface area contributed by atoms with E-state index in [2.05, 4.69) is 4.74 Å². The molecule has 0 spiro atoms. The number of hydrogen-bond acceptors (Lipinski definition) is 7. The van der Waals surface area contributed by atoms with Gasteiger partial charge in [0.2, 0.25) is 11.6 Å². The van der Waals surface area contributed by atoms with Crippen molar-refractivity contribution in [2.45, 2.75) is 38.9 Å². The van der Waals surface area contributed by atoms with Crippen molar-refractivity contribution in [2.24, 2.45) is 5.92 Å². The smallest absolute Gasteiger partial charge is 0.316 e. The summed E-state index contributed by atoms with van der Waals surface area (Å²) < 4.78 is 19.5. The molecule has 0 aliphatic carbocycles. The van der Waals surface area contributed by atoms with Gasteiger partial charge in [-0.05, 0) is 26.7 Å². The van der Waals surface area contributed by atoms with Gasteiger partial charge in [0.05, 0.1) is 13.7 Å². The summed E-state index contributed by atoms with van der Waals surface area (Å²) in [7, 11) is 3.83. The van der Waals surface area contributed by atoms with Gasteiger partial charge in [0.1, 0.15) is 5.92 Å². The third-order valence-corrected chi connectivity index (χ3v) is 3.21. The van der Waals surface area contributed by atoms with Crippen LogP contribution in [0.2, 0.25) is 0 Å². The first-order valence-electron chi connectivity index (χ1n) is 6.74. The van der Waals surface area contributed by atoms with E-state index in [-0.39, 0.29) is 18.8 Å². The second-order valence-corrected chi connectivity index (χ2v) is 4.49. The van der Waals surface area contributed by atoms with Crippen LogP contribution in [0.1, 0.15) is 33.1 Å². The Labute approximate surface area is 124 Å². The molecule has 1 atom stereocenters. The average molecular weight is 304 g/mol. The summed E-state index contributed by atoms with van der Waals surface area (Å²) in [6.45, 7) is 3.43. The predicted octanol–water partition coefficient (Wildman–Crippen LogP) is 1.09. The van der Waals surface area contributed by atoms with Crippen LogP contribution < -0.4 is 0 Å². The topological polar surface area (TPSA) is 88.1 Å². The van der Waals surface area contributed by atoms with Gasteiger partial charge in [-0.15, -0.1) is 0 Å². The van der Waals surface area contributed by atoms with Gasteiger partial charge in [-0.2, -0.15) is 0 Å². The number of ether oxygens (including phenoxy) is 4. The molecule has 7 nitrogen and oxygen atoms in total. The van der Waals surface area contributed by atoms with Gasteiger partial charge < -0.3 is 18.9 Å². The molecule has 1 unspecified atom stereocenters. The van der Waals surface area contributed by atoms with Crippen molar-refractivity contribution in [1.29, 1.82) is 0 Å². The van der Waals surface area contributed by atoms with E-state index >= 15 is 0 Å². The van der Waals surface area contributed by atoms with Gasteiger partial charge in [0, 0.05) is 20.6 Å². The molecule has 0 saturated carbocycles. The molecule has 21 heavy (non-hydrogen) atoms. The van der Waals surface area contributed by atoms with Gasteiger partial charge in [-0.3, -0.25) is 14.4 Å². The Morgan fingerprint density at radius 2 is 1.67 bits per heavy atom. The summed E-state index contributed by atoms with van der Waals surface area (Å²) in [5.74, 6) is -4.15. The normalized spacial score (nSPS) is 12.6. The van der Waals surface area contributed by atoms with Crippen LogP contribution in [-0.4, -0.2) is 51.4 Å². The molecule has 0 aromatic rings. The number of methoxy groups -OCH3 is 3. The highest BCUT2D eigenvalue weighted by molar-refractivity contribution is 6.02. The van der Waals surface area contributed by atoms with Crippen LogP contribution in [0.3, 0.4) is 0 Å². The summed E-state index contributed by atoms with van der Waals surface area (Å²) in [5, 5.41) is 0. The minimum Gasteiger partial charge on any atom is -0.468 e. The lowest BCUT2D eigenvalue weighted by atomic mass is 9.92. The molecule has 0 aromatic heterocycles. The Hall–Kier alpha value is -1.47. The van der Waals surface area contributed by atoms with Crippen LogP contribution in [0, 0.1) is 5.92 Å². The molecule has 0 rings (SSSR count). The maximum absolute atomic E-state index is 12.4.